The van der Waals surface area contributed by atoms with Crippen molar-refractivity contribution >= 4 is 6.03 Å². The first-order valence-corrected chi connectivity index (χ1v) is 7.38. The van der Waals surface area contributed by atoms with Gasteiger partial charge in [0.05, 0.1) is 19.3 Å². The third-order valence-corrected chi connectivity index (χ3v) is 3.02. The molecule has 0 fully saturated rings. The fraction of sp³-hybridized carbons (Fsp3) is 0.562. The highest BCUT2D eigenvalue weighted by Crippen LogP contribution is 2.18. The van der Waals surface area contributed by atoms with Crippen molar-refractivity contribution in [3.8, 4) is 5.75 Å². The van der Waals surface area contributed by atoms with E-state index < -0.39 is 0 Å². The van der Waals surface area contributed by atoms with Crippen molar-refractivity contribution in [1.29, 1.82) is 0 Å². The van der Waals surface area contributed by atoms with Crippen LogP contribution in [0.25, 0.3) is 0 Å². The highest BCUT2D eigenvalue weighted by Gasteiger charge is 2.08. The van der Waals surface area contributed by atoms with E-state index in [1.54, 1.807) is 6.92 Å². The summed E-state index contributed by atoms with van der Waals surface area (Å²) in [7, 11) is 0. The normalized spacial score (nSPS) is 12.0. The molecule has 1 unspecified atom stereocenters. The van der Waals surface area contributed by atoms with Crippen LogP contribution in [0.4, 0.5) is 4.79 Å². The van der Waals surface area contributed by atoms with Gasteiger partial charge < -0.3 is 20.5 Å². The lowest BCUT2D eigenvalue weighted by Crippen LogP contribution is -2.42. The van der Waals surface area contributed by atoms with Crippen LogP contribution < -0.4 is 15.4 Å². The van der Waals surface area contributed by atoms with Crippen LogP contribution in [0.5, 0.6) is 5.75 Å². The molecule has 118 valence electrons. The maximum absolute atomic E-state index is 11.6. The molecule has 1 rings (SSSR count). The van der Waals surface area contributed by atoms with Crippen molar-refractivity contribution in [3.63, 3.8) is 0 Å². The zero-order valence-electron chi connectivity index (χ0n) is 13.1. The van der Waals surface area contributed by atoms with Gasteiger partial charge in [0.15, 0.2) is 0 Å². The maximum Gasteiger partial charge on any atom is 0.315 e. The quantitative estimate of drug-likeness (QED) is 0.689. The topological polar surface area (TPSA) is 70.6 Å². The van der Waals surface area contributed by atoms with Gasteiger partial charge in [-0.2, -0.15) is 0 Å². The van der Waals surface area contributed by atoms with E-state index in [1.807, 2.05) is 24.3 Å². The number of ether oxygens (including phenoxy) is 1. The molecule has 1 atom stereocenters. The second-order valence-electron chi connectivity index (χ2n) is 5.55. The van der Waals surface area contributed by atoms with Crippen LogP contribution in [0.3, 0.4) is 0 Å². The van der Waals surface area contributed by atoms with Crippen molar-refractivity contribution < 1.29 is 14.6 Å². The minimum atomic E-state index is -0.298. The van der Waals surface area contributed by atoms with Gasteiger partial charge in [0.1, 0.15) is 5.75 Å². The fourth-order valence-electron chi connectivity index (χ4n) is 1.69. The molecule has 5 nitrogen and oxygen atoms in total. The van der Waals surface area contributed by atoms with E-state index in [9.17, 15) is 4.79 Å². The van der Waals surface area contributed by atoms with Gasteiger partial charge >= 0.3 is 6.03 Å². The molecule has 0 aliphatic carbocycles. The van der Waals surface area contributed by atoms with E-state index in [4.69, 9.17) is 9.84 Å². The molecule has 5 heteroatoms. The van der Waals surface area contributed by atoms with Gasteiger partial charge in [-0.15, -0.1) is 0 Å². The number of aliphatic hydroxyl groups is 1. The summed E-state index contributed by atoms with van der Waals surface area (Å²) >= 11 is 0. The number of para-hydroxylation sites is 1. The van der Waals surface area contributed by atoms with Gasteiger partial charge in [-0.3, -0.25) is 0 Å². The summed E-state index contributed by atoms with van der Waals surface area (Å²) in [6.45, 7) is 7.03. The number of hydrogen-bond acceptors (Lipinski definition) is 3. The van der Waals surface area contributed by atoms with Gasteiger partial charge in [0.2, 0.25) is 0 Å². The Morgan fingerprint density at radius 3 is 2.67 bits per heavy atom. The number of aliphatic hydroxyl groups excluding tert-OH is 1. The van der Waals surface area contributed by atoms with Crippen molar-refractivity contribution in [1.82, 2.24) is 10.6 Å². The first-order chi connectivity index (χ1) is 10.0. The number of benzene rings is 1. The monoisotopic (exact) mass is 294 g/mol. The molecule has 0 radical (unpaired) electrons. The zero-order chi connectivity index (χ0) is 15.7. The number of nitrogens with one attached hydrogen (secondary N) is 2. The van der Waals surface area contributed by atoms with Gasteiger partial charge in [-0.05, 0) is 25.3 Å². The predicted molar refractivity (Wildman–Crippen MR) is 83.3 cm³/mol. The second kappa shape index (κ2) is 9.23. The number of hydrogen-bond donors (Lipinski definition) is 3. The Hall–Kier alpha value is -1.75. The molecule has 0 spiro atoms. The van der Waals surface area contributed by atoms with E-state index in [1.165, 1.54) is 0 Å². The summed E-state index contributed by atoms with van der Waals surface area (Å²) in [5.41, 5.74) is 0.938. The van der Waals surface area contributed by atoms with E-state index in [0.717, 1.165) is 17.7 Å². The Kier molecular flexibility index (Phi) is 7.61. The first-order valence-electron chi connectivity index (χ1n) is 7.38. The van der Waals surface area contributed by atoms with Crippen LogP contribution in [0.2, 0.25) is 0 Å². The maximum atomic E-state index is 11.6. The summed E-state index contributed by atoms with van der Waals surface area (Å²) < 4.78 is 5.77. The van der Waals surface area contributed by atoms with Crippen molar-refractivity contribution in [2.75, 3.05) is 13.2 Å². The molecule has 3 N–H and O–H groups in total. The highest BCUT2D eigenvalue weighted by atomic mass is 16.5. The summed E-state index contributed by atoms with van der Waals surface area (Å²) in [4.78, 5) is 11.6. The van der Waals surface area contributed by atoms with Gasteiger partial charge in [0, 0.05) is 12.1 Å². The van der Waals surface area contributed by atoms with Crippen molar-refractivity contribution in [3.05, 3.63) is 29.8 Å². The van der Waals surface area contributed by atoms with Gasteiger partial charge in [-0.25, -0.2) is 4.79 Å². The molecule has 0 heterocycles. The molecule has 0 bridgehead atoms. The average Bonchev–Trinajstić information content (AvgIpc) is 2.45. The lowest BCUT2D eigenvalue weighted by molar-refractivity contribution is 0.220. The largest absolute Gasteiger partial charge is 0.493 e. The molecule has 0 aliphatic heterocycles. The Labute approximate surface area is 126 Å². The number of rotatable bonds is 8. The summed E-state index contributed by atoms with van der Waals surface area (Å²) in [5.74, 6) is 1.40. The minimum Gasteiger partial charge on any atom is -0.493 e. The standard InChI is InChI=1S/C16H26N2O3/c1-12(2)8-9-21-15-7-5-4-6-14(15)10-17-16(20)18-13(3)11-19/h4-7,12-13,19H,8-11H2,1-3H3,(H2,17,18,20). The Morgan fingerprint density at radius 2 is 2.00 bits per heavy atom. The minimum absolute atomic E-state index is 0.0810. The van der Waals surface area contributed by atoms with Crippen LogP contribution in [0.15, 0.2) is 24.3 Å². The molecule has 0 aromatic heterocycles. The van der Waals surface area contributed by atoms with Crippen LogP contribution in [0.1, 0.15) is 32.8 Å². The zero-order valence-corrected chi connectivity index (χ0v) is 13.1. The lowest BCUT2D eigenvalue weighted by atomic mass is 10.1. The summed E-state index contributed by atoms with van der Waals surface area (Å²) in [6.07, 6.45) is 0.996. The number of carbonyl (C=O) groups excluding carboxylic acids is 1. The molecule has 21 heavy (non-hydrogen) atoms. The van der Waals surface area contributed by atoms with Crippen LogP contribution in [-0.4, -0.2) is 30.4 Å². The van der Waals surface area contributed by atoms with Crippen LogP contribution >= 0.6 is 0 Å². The number of amides is 2. The Balaban J connectivity index is 2.48. The fourth-order valence-corrected chi connectivity index (χ4v) is 1.69. The molecular weight excluding hydrogens is 268 g/mol. The average molecular weight is 294 g/mol. The first kappa shape index (κ1) is 17.3. The third kappa shape index (κ3) is 6.99. The molecule has 1 aromatic rings. The van der Waals surface area contributed by atoms with Crippen LogP contribution in [-0.2, 0) is 6.54 Å². The number of carbonyl (C=O) groups is 1. The highest BCUT2D eigenvalue weighted by molar-refractivity contribution is 5.74. The van der Waals surface area contributed by atoms with Crippen molar-refractivity contribution in [2.24, 2.45) is 5.92 Å². The van der Waals surface area contributed by atoms with Crippen molar-refractivity contribution in [2.45, 2.75) is 39.8 Å². The van der Waals surface area contributed by atoms with E-state index in [-0.39, 0.29) is 18.7 Å². The third-order valence-electron chi connectivity index (χ3n) is 3.02. The summed E-state index contributed by atoms with van der Waals surface area (Å²) in [6, 6.07) is 7.12. The number of urea groups is 1. The van der Waals surface area contributed by atoms with E-state index in [0.29, 0.717) is 19.1 Å². The van der Waals surface area contributed by atoms with Gasteiger partial charge in [-0.1, -0.05) is 32.0 Å². The van der Waals surface area contributed by atoms with Crippen LogP contribution in [0, 0.1) is 5.92 Å². The molecule has 0 saturated heterocycles. The Morgan fingerprint density at radius 1 is 1.29 bits per heavy atom. The second-order valence-corrected chi connectivity index (χ2v) is 5.55. The smallest absolute Gasteiger partial charge is 0.315 e. The van der Waals surface area contributed by atoms with Gasteiger partial charge in [0.25, 0.3) is 0 Å². The molecule has 0 saturated carbocycles. The molecule has 0 aliphatic rings. The molecule has 2 amide bonds. The van der Waals surface area contributed by atoms with E-state index in [2.05, 4.69) is 24.5 Å². The SMILES string of the molecule is CC(C)CCOc1ccccc1CNC(=O)NC(C)CO. The lowest BCUT2D eigenvalue weighted by Gasteiger charge is -2.15. The molecule has 1 aromatic carbocycles. The Bertz CT molecular complexity index is 435. The predicted octanol–water partition coefficient (Wildman–Crippen LogP) is 2.29. The summed E-state index contributed by atoms with van der Waals surface area (Å²) in [5, 5.41) is 14.3. The van der Waals surface area contributed by atoms with E-state index >= 15 is 0 Å². The molecular formula is C16H26N2O3.